The third kappa shape index (κ3) is 3.99. The van der Waals surface area contributed by atoms with Gasteiger partial charge in [0.25, 0.3) is 0 Å². The van der Waals surface area contributed by atoms with Crippen molar-refractivity contribution < 1.29 is 19.1 Å². The van der Waals surface area contributed by atoms with Crippen molar-refractivity contribution in [1.82, 2.24) is 14.9 Å². The maximum absolute atomic E-state index is 13.0. The summed E-state index contributed by atoms with van der Waals surface area (Å²) in [4.78, 5) is 41.3. The molecule has 1 aromatic rings. The lowest BCUT2D eigenvalue weighted by atomic mass is 9.48. The molecule has 2 N–H and O–H groups in total. The highest BCUT2D eigenvalue weighted by atomic mass is 16.5. The van der Waals surface area contributed by atoms with E-state index in [0.29, 0.717) is 35.9 Å². The number of anilines is 1. The zero-order valence-electron chi connectivity index (χ0n) is 21.3. The number of carbonyl (C=O) groups is 3. The SMILES string of the molecule is CCOC(=O)c1nc(NC(=O)C[C@H]2CC[C@H]3[C@@H]4CC[C@H]5NC(=O)C=C[C@]5(C)[C@H]4CC[C@]23C)cn1C. The van der Waals surface area contributed by atoms with Gasteiger partial charge in [0.2, 0.25) is 17.6 Å². The second-order valence-corrected chi connectivity index (χ2v) is 11.6. The van der Waals surface area contributed by atoms with Gasteiger partial charge in [-0.1, -0.05) is 19.9 Å². The van der Waals surface area contributed by atoms with Gasteiger partial charge in [-0.3, -0.25) is 9.59 Å². The predicted octanol–water partition coefficient (Wildman–Crippen LogP) is 3.84. The third-order valence-corrected chi connectivity index (χ3v) is 9.92. The number of fused-ring (bicyclic) bond motifs is 5. The van der Waals surface area contributed by atoms with E-state index in [2.05, 4.69) is 35.5 Å². The van der Waals surface area contributed by atoms with Gasteiger partial charge in [0.05, 0.1) is 6.61 Å². The Balaban J connectivity index is 1.26. The smallest absolute Gasteiger partial charge is 0.374 e. The van der Waals surface area contributed by atoms with Crippen LogP contribution in [-0.2, 0) is 21.4 Å². The lowest BCUT2D eigenvalue weighted by molar-refractivity contribution is -0.123. The Morgan fingerprint density at radius 2 is 2.00 bits per heavy atom. The maximum atomic E-state index is 13.0. The average molecular weight is 483 g/mol. The number of imidazole rings is 1. The first-order valence-electron chi connectivity index (χ1n) is 13.2. The fraction of sp³-hybridized carbons (Fsp3) is 0.704. The van der Waals surface area contributed by atoms with Gasteiger partial charge < -0.3 is 19.9 Å². The molecule has 3 saturated carbocycles. The summed E-state index contributed by atoms with van der Waals surface area (Å²) in [6.45, 7) is 6.78. The summed E-state index contributed by atoms with van der Waals surface area (Å²) in [5.41, 5.74) is 0.187. The Labute approximate surface area is 207 Å². The van der Waals surface area contributed by atoms with E-state index in [1.54, 1.807) is 30.8 Å². The Kier molecular flexibility index (Phi) is 6.04. The van der Waals surface area contributed by atoms with Crippen molar-refractivity contribution in [2.45, 2.75) is 71.8 Å². The molecule has 7 atom stereocenters. The van der Waals surface area contributed by atoms with Crippen LogP contribution in [-0.4, -0.2) is 40.0 Å². The molecule has 8 nitrogen and oxygen atoms in total. The lowest BCUT2D eigenvalue weighted by Crippen LogP contribution is -2.59. The molecule has 0 radical (unpaired) electrons. The van der Waals surface area contributed by atoms with Crippen LogP contribution < -0.4 is 10.6 Å². The molecule has 0 aromatic carbocycles. The van der Waals surface area contributed by atoms with E-state index in [4.69, 9.17) is 4.74 Å². The molecule has 4 aliphatic rings. The molecule has 3 aliphatic carbocycles. The minimum Gasteiger partial charge on any atom is -0.460 e. The molecule has 1 aliphatic heterocycles. The minimum atomic E-state index is -0.491. The Morgan fingerprint density at radius 1 is 1.20 bits per heavy atom. The van der Waals surface area contributed by atoms with Crippen molar-refractivity contribution in [3.8, 4) is 0 Å². The van der Waals surface area contributed by atoms with Crippen molar-refractivity contribution in [2.75, 3.05) is 11.9 Å². The van der Waals surface area contributed by atoms with Gasteiger partial charge in [0.15, 0.2) is 5.82 Å². The zero-order valence-corrected chi connectivity index (χ0v) is 21.3. The quantitative estimate of drug-likeness (QED) is 0.621. The van der Waals surface area contributed by atoms with E-state index in [9.17, 15) is 14.4 Å². The van der Waals surface area contributed by atoms with Crippen LogP contribution in [0, 0.1) is 34.5 Å². The van der Waals surface area contributed by atoms with E-state index >= 15 is 0 Å². The molecule has 8 heteroatoms. The second kappa shape index (κ2) is 8.79. The Morgan fingerprint density at radius 3 is 2.77 bits per heavy atom. The van der Waals surface area contributed by atoms with Gasteiger partial charge in [-0.05, 0) is 80.6 Å². The van der Waals surface area contributed by atoms with Crippen LogP contribution in [0.2, 0.25) is 0 Å². The largest absolute Gasteiger partial charge is 0.460 e. The van der Waals surface area contributed by atoms with Crippen LogP contribution in [0.5, 0.6) is 0 Å². The predicted molar refractivity (Wildman–Crippen MR) is 131 cm³/mol. The molecule has 0 spiro atoms. The lowest BCUT2D eigenvalue weighted by Gasteiger charge is -2.59. The number of nitrogens with one attached hydrogen (secondary N) is 2. The first-order chi connectivity index (χ1) is 16.7. The summed E-state index contributed by atoms with van der Waals surface area (Å²) in [6, 6.07) is 0.242. The number of nitrogens with zero attached hydrogens (tertiary/aromatic N) is 2. The van der Waals surface area contributed by atoms with Crippen LogP contribution in [0.1, 0.15) is 76.3 Å². The molecule has 0 bridgehead atoms. The van der Waals surface area contributed by atoms with Crippen LogP contribution >= 0.6 is 0 Å². The normalized spacial score (nSPS) is 37.6. The van der Waals surface area contributed by atoms with Gasteiger partial charge >= 0.3 is 5.97 Å². The molecule has 35 heavy (non-hydrogen) atoms. The molecule has 3 fully saturated rings. The number of carbonyl (C=O) groups excluding carboxylic acids is 3. The number of esters is 1. The van der Waals surface area contributed by atoms with Gasteiger partial charge in [0, 0.05) is 31.1 Å². The fourth-order valence-corrected chi connectivity index (χ4v) is 8.11. The molecule has 5 rings (SSSR count). The highest BCUT2D eigenvalue weighted by Crippen LogP contribution is 2.65. The van der Waals surface area contributed by atoms with E-state index < -0.39 is 5.97 Å². The summed E-state index contributed by atoms with van der Waals surface area (Å²) in [5, 5.41) is 6.14. The molecular formula is C27H38N4O4. The Bertz CT molecular complexity index is 1060. The van der Waals surface area contributed by atoms with Crippen LogP contribution in [0.3, 0.4) is 0 Å². The van der Waals surface area contributed by atoms with Gasteiger partial charge in [-0.15, -0.1) is 0 Å². The fourth-order valence-electron chi connectivity index (χ4n) is 8.11. The number of hydrogen-bond acceptors (Lipinski definition) is 5. The number of rotatable bonds is 5. The van der Waals surface area contributed by atoms with Gasteiger partial charge in [0.1, 0.15) is 0 Å². The molecule has 0 unspecified atom stereocenters. The van der Waals surface area contributed by atoms with Crippen LogP contribution in [0.25, 0.3) is 0 Å². The van der Waals surface area contributed by atoms with E-state index in [1.165, 1.54) is 6.42 Å². The van der Waals surface area contributed by atoms with Gasteiger partial charge in [-0.2, -0.15) is 0 Å². The second-order valence-electron chi connectivity index (χ2n) is 11.6. The highest BCUT2D eigenvalue weighted by molar-refractivity contribution is 5.92. The topological polar surface area (TPSA) is 102 Å². The van der Waals surface area contributed by atoms with Crippen molar-refractivity contribution >= 4 is 23.6 Å². The number of ether oxygens (including phenoxy) is 1. The number of aryl methyl sites for hydroxylation is 1. The molecule has 0 saturated heterocycles. The molecule has 1 aromatic heterocycles. The first kappa shape index (κ1) is 24.1. The van der Waals surface area contributed by atoms with Gasteiger partial charge in [-0.25, -0.2) is 9.78 Å². The van der Waals surface area contributed by atoms with E-state index in [-0.39, 0.29) is 41.1 Å². The van der Waals surface area contributed by atoms with Crippen LogP contribution in [0.4, 0.5) is 5.82 Å². The van der Waals surface area contributed by atoms with E-state index in [0.717, 1.165) is 32.1 Å². The summed E-state index contributed by atoms with van der Waals surface area (Å²) in [6.07, 6.45) is 12.8. The third-order valence-electron chi connectivity index (χ3n) is 9.92. The standard InChI is InChI=1S/C27H38N4O4/c1-5-35-25(34)24-30-21(15-31(24)4)29-23(33)14-16-6-8-18-17-7-9-20-27(3,13-11-22(32)28-20)19(17)10-12-26(16,18)2/h11,13,15-20H,5-10,12,14H2,1-4H3,(H,28,32)(H,29,33)/t16-,17+,18+,19+,20-,26-,27-/m1/s1. The number of aromatic nitrogens is 2. The number of hydrogen-bond donors (Lipinski definition) is 2. The monoisotopic (exact) mass is 482 g/mol. The molecule has 190 valence electrons. The summed E-state index contributed by atoms with van der Waals surface area (Å²) in [7, 11) is 1.72. The van der Waals surface area contributed by atoms with Crippen LogP contribution in [0.15, 0.2) is 18.3 Å². The minimum absolute atomic E-state index is 0.0310. The average Bonchev–Trinajstić information content (AvgIpc) is 3.33. The summed E-state index contributed by atoms with van der Waals surface area (Å²) < 4.78 is 6.62. The first-order valence-corrected chi connectivity index (χ1v) is 13.2. The highest BCUT2D eigenvalue weighted by Gasteiger charge is 2.59. The number of amides is 2. The molecular weight excluding hydrogens is 444 g/mol. The summed E-state index contributed by atoms with van der Waals surface area (Å²) >= 11 is 0. The maximum Gasteiger partial charge on any atom is 0.374 e. The molecule has 2 heterocycles. The van der Waals surface area contributed by atoms with Crippen molar-refractivity contribution in [3.63, 3.8) is 0 Å². The van der Waals surface area contributed by atoms with Crippen molar-refractivity contribution in [3.05, 3.63) is 24.2 Å². The Hall–Kier alpha value is -2.64. The van der Waals surface area contributed by atoms with Crippen molar-refractivity contribution in [2.24, 2.45) is 41.5 Å². The van der Waals surface area contributed by atoms with E-state index in [1.807, 2.05) is 0 Å². The summed E-state index contributed by atoms with van der Waals surface area (Å²) in [5.74, 6) is 2.27. The molecule has 2 amide bonds. The van der Waals surface area contributed by atoms with Crippen molar-refractivity contribution in [1.29, 1.82) is 0 Å². The zero-order chi connectivity index (χ0) is 25.0.